The van der Waals surface area contributed by atoms with Gasteiger partial charge in [0, 0.05) is 52.5 Å². The van der Waals surface area contributed by atoms with Crippen LogP contribution in [0.15, 0.2) is 30.6 Å². The number of aliphatic hydroxyl groups is 1. The number of piperidine rings is 1. The minimum absolute atomic E-state index is 0.0576. The lowest BCUT2D eigenvalue weighted by Gasteiger charge is -2.41. The van der Waals surface area contributed by atoms with Gasteiger partial charge in [-0.25, -0.2) is 0 Å². The Morgan fingerprint density at radius 1 is 1.25 bits per heavy atom. The zero-order chi connectivity index (χ0) is 23.1. The average Bonchev–Trinajstić information content (AvgIpc) is 2.78. The Labute approximate surface area is 189 Å². The standard InChI is InChI=1S/C23H34N6O3/c1-17(30)25-11-4-3-6-18(24)22(31)28(2)16-23(32)9-14-29(15-10-23)20-8-13-26-19-7-5-12-27-21(19)20/h5,7-8,12-13,18,32H,3-4,6,9-11,14-16,24H2,1-2H3,(H,25,30)/t18-/m0/s1. The molecule has 0 radical (unpaired) electrons. The third kappa shape index (κ3) is 6.14. The highest BCUT2D eigenvalue weighted by atomic mass is 16.3. The smallest absolute Gasteiger partial charge is 0.239 e. The molecule has 1 aliphatic rings. The van der Waals surface area contributed by atoms with E-state index in [1.807, 2.05) is 18.2 Å². The molecule has 2 aromatic rings. The van der Waals surface area contributed by atoms with Gasteiger partial charge in [-0.3, -0.25) is 19.6 Å². The Bertz CT molecular complexity index is 924. The van der Waals surface area contributed by atoms with Gasteiger partial charge < -0.3 is 26.0 Å². The van der Waals surface area contributed by atoms with E-state index in [1.165, 1.54) is 6.92 Å². The highest BCUT2D eigenvalue weighted by Crippen LogP contribution is 2.30. The Hall–Kier alpha value is -2.78. The van der Waals surface area contributed by atoms with Crippen molar-refractivity contribution < 1.29 is 14.7 Å². The monoisotopic (exact) mass is 442 g/mol. The van der Waals surface area contributed by atoms with Gasteiger partial charge in [-0.05, 0) is 50.3 Å². The van der Waals surface area contributed by atoms with Gasteiger partial charge in [0.15, 0.2) is 0 Å². The lowest BCUT2D eigenvalue weighted by Crippen LogP contribution is -2.53. The lowest BCUT2D eigenvalue weighted by atomic mass is 9.90. The van der Waals surface area contributed by atoms with Crippen molar-refractivity contribution in [3.05, 3.63) is 30.6 Å². The van der Waals surface area contributed by atoms with Crippen LogP contribution in [-0.4, -0.2) is 76.7 Å². The number of hydrogen-bond acceptors (Lipinski definition) is 7. The van der Waals surface area contributed by atoms with E-state index in [0.717, 1.165) is 29.6 Å². The summed E-state index contributed by atoms with van der Waals surface area (Å²) in [4.78, 5) is 36.2. The molecule has 2 amide bonds. The molecule has 0 unspecified atom stereocenters. The van der Waals surface area contributed by atoms with E-state index < -0.39 is 11.6 Å². The maximum atomic E-state index is 12.7. The molecule has 2 aromatic heterocycles. The van der Waals surface area contributed by atoms with Gasteiger partial charge in [-0.1, -0.05) is 0 Å². The number of fused-ring (bicyclic) bond motifs is 1. The van der Waals surface area contributed by atoms with Gasteiger partial charge in [0.25, 0.3) is 0 Å². The molecule has 32 heavy (non-hydrogen) atoms. The molecule has 1 atom stereocenters. The van der Waals surface area contributed by atoms with Crippen LogP contribution in [-0.2, 0) is 9.59 Å². The number of nitrogens with one attached hydrogen (secondary N) is 1. The van der Waals surface area contributed by atoms with E-state index in [1.54, 1.807) is 24.3 Å². The SMILES string of the molecule is CC(=O)NCCCC[C@H](N)C(=O)N(C)CC1(O)CCN(c2ccnc3cccnc23)CC1. The van der Waals surface area contributed by atoms with Crippen molar-refractivity contribution in [3.63, 3.8) is 0 Å². The summed E-state index contributed by atoms with van der Waals surface area (Å²) in [7, 11) is 1.70. The fraction of sp³-hybridized carbons (Fsp3) is 0.565. The van der Waals surface area contributed by atoms with Crippen LogP contribution in [0, 0.1) is 0 Å². The normalized spacial score (nSPS) is 16.6. The molecular formula is C23H34N6O3. The Morgan fingerprint density at radius 2 is 2.00 bits per heavy atom. The molecule has 1 aliphatic heterocycles. The number of amides is 2. The number of aromatic nitrogens is 2. The Morgan fingerprint density at radius 3 is 2.72 bits per heavy atom. The summed E-state index contributed by atoms with van der Waals surface area (Å²) in [6, 6.07) is 5.17. The van der Waals surface area contributed by atoms with Gasteiger partial charge in [0.05, 0.1) is 22.8 Å². The van der Waals surface area contributed by atoms with Crippen LogP contribution in [0.4, 0.5) is 5.69 Å². The molecule has 4 N–H and O–H groups in total. The van der Waals surface area contributed by atoms with Crippen LogP contribution in [0.2, 0.25) is 0 Å². The largest absolute Gasteiger partial charge is 0.388 e. The van der Waals surface area contributed by atoms with Crippen molar-refractivity contribution in [2.45, 2.75) is 50.7 Å². The number of carbonyl (C=O) groups excluding carboxylic acids is 2. The summed E-state index contributed by atoms with van der Waals surface area (Å²) in [6.07, 6.45) is 6.73. The van der Waals surface area contributed by atoms with Crippen LogP contribution < -0.4 is 16.0 Å². The second-order valence-corrected chi connectivity index (χ2v) is 8.69. The molecule has 0 spiro atoms. The molecule has 174 valence electrons. The second-order valence-electron chi connectivity index (χ2n) is 8.69. The predicted octanol–water partition coefficient (Wildman–Crippen LogP) is 1.05. The number of pyridine rings is 2. The maximum Gasteiger partial charge on any atom is 0.239 e. The Balaban J connectivity index is 1.49. The Kier molecular flexibility index (Phi) is 7.98. The highest BCUT2D eigenvalue weighted by molar-refractivity contribution is 5.87. The summed E-state index contributed by atoms with van der Waals surface area (Å²) in [6.45, 7) is 3.67. The molecule has 0 aliphatic carbocycles. The average molecular weight is 443 g/mol. The zero-order valence-electron chi connectivity index (χ0n) is 19.0. The van der Waals surface area contributed by atoms with Crippen LogP contribution in [0.1, 0.15) is 39.0 Å². The van der Waals surface area contributed by atoms with Crippen molar-refractivity contribution in [2.75, 3.05) is 38.1 Å². The van der Waals surface area contributed by atoms with Gasteiger partial charge in [0.2, 0.25) is 11.8 Å². The van der Waals surface area contributed by atoms with E-state index in [-0.39, 0.29) is 18.4 Å². The number of nitrogens with zero attached hydrogens (tertiary/aromatic N) is 4. The number of anilines is 1. The first-order valence-electron chi connectivity index (χ1n) is 11.2. The highest BCUT2D eigenvalue weighted by Gasteiger charge is 2.35. The van der Waals surface area contributed by atoms with Crippen molar-refractivity contribution >= 4 is 28.5 Å². The molecule has 1 fully saturated rings. The van der Waals surface area contributed by atoms with Gasteiger partial charge in [-0.2, -0.15) is 0 Å². The van der Waals surface area contributed by atoms with Crippen molar-refractivity contribution in [1.82, 2.24) is 20.2 Å². The third-order valence-electron chi connectivity index (χ3n) is 6.05. The van der Waals surface area contributed by atoms with E-state index in [4.69, 9.17) is 5.73 Å². The van der Waals surface area contributed by atoms with Gasteiger partial charge in [0.1, 0.15) is 5.52 Å². The summed E-state index contributed by atoms with van der Waals surface area (Å²) in [5.41, 5.74) is 7.86. The first kappa shape index (κ1) is 23.9. The third-order valence-corrected chi connectivity index (χ3v) is 6.05. The number of unbranched alkanes of at least 4 members (excludes halogenated alkanes) is 1. The predicted molar refractivity (Wildman–Crippen MR) is 124 cm³/mol. The first-order chi connectivity index (χ1) is 15.3. The van der Waals surface area contributed by atoms with Crippen LogP contribution in [0.3, 0.4) is 0 Å². The lowest BCUT2D eigenvalue weighted by molar-refractivity contribution is -0.135. The van der Waals surface area contributed by atoms with Crippen LogP contribution in [0.25, 0.3) is 11.0 Å². The number of carbonyl (C=O) groups is 2. The number of rotatable bonds is 9. The molecular weight excluding hydrogens is 408 g/mol. The van der Waals surface area contributed by atoms with E-state index in [2.05, 4.69) is 20.2 Å². The van der Waals surface area contributed by atoms with E-state index in [9.17, 15) is 14.7 Å². The van der Waals surface area contributed by atoms with Crippen molar-refractivity contribution in [3.8, 4) is 0 Å². The minimum Gasteiger partial charge on any atom is -0.388 e. The first-order valence-corrected chi connectivity index (χ1v) is 11.2. The molecule has 9 nitrogen and oxygen atoms in total. The second kappa shape index (κ2) is 10.7. The maximum absolute atomic E-state index is 12.7. The number of hydrogen-bond donors (Lipinski definition) is 3. The quantitative estimate of drug-likeness (QED) is 0.496. The summed E-state index contributed by atoms with van der Waals surface area (Å²) in [5, 5.41) is 13.9. The minimum atomic E-state index is -0.942. The number of likely N-dealkylation sites (N-methyl/N-ethyl adjacent to an activating group) is 1. The van der Waals surface area contributed by atoms with E-state index >= 15 is 0 Å². The molecule has 0 saturated carbocycles. The zero-order valence-corrected chi connectivity index (χ0v) is 19.0. The van der Waals surface area contributed by atoms with E-state index in [0.29, 0.717) is 38.9 Å². The summed E-state index contributed by atoms with van der Waals surface area (Å²) in [5.74, 6) is -0.220. The number of nitrogens with two attached hydrogens (primary N) is 1. The van der Waals surface area contributed by atoms with Crippen molar-refractivity contribution in [2.24, 2.45) is 5.73 Å². The summed E-state index contributed by atoms with van der Waals surface area (Å²) < 4.78 is 0. The summed E-state index contributed by atoms with van der Waals surface area (Å²) >= 11 is 0. The van der Waals surface area contributed by atoms with Gasteiger partial charge in [-0.15, -0.1) is 0 Å². The molecule has 0 bridgehead atoms. The topological polar surface area (TPSA) is 125 Å². The van der Waals surface area contributed by atoms with Gasteiger partial charge >= 0.3 is 0 Å². The van der Waals surface area contributed by atoms with Crippen molar-refractivity contribution in [1.29, 1.82) is 0 Å². The molecule has 1 saturated heterocycles. The fourth-order valence-corrected chi connectivity index (χ4v) is 4.22. The van der Waals surface area contributed by atoms with Crippen LogP contribution >= 0.6 is 0 Å². The van der Waals surface area contributed by atoms with Crippen LogP contribution in [0.5, 0.6) is 0 Å². The molecule has 0 aromatic carbocycles. The fourth-order valence-electron chi connectivity index (χ4n) is 4.22. The molecule has 3 rings (SSSR count). The molecule has 3 heterocycles. The molecule has 9 heteroatoms.